The molecule has 1 aliphatic rings. The standard InChI is InChI=1S/C14H13N3O3S/c18-14-13-10(5-6-15-14)11-7-9(3-4-12(11)16-13)21(19,20)17-8-1-2-8/h3-8,16-17H,1-2H2,(H,15,18). The zero-order valence-corrected chi connectivity index (χ0v) is 11.8. The maximum atomic E-state index is 12.3. The number of pyridine rings is 1. The van der Waals surface area contributed by atoms with Crippen molar-refractivity contribution in [2.75, 3.05) is 0 Å². The molecule has 0 saturated heterocycles. The minimum absolute atomic E-state index is 0.0662. The van der Waals surface area contributed by atoms with Gasteiger partial charge in [0.15, 0.2) is 0 Å². The van der Waals surface area contributed by atoms with Gasteiger partial charge in [0.2, 0.25) is 10.0 Å². The molecule has 0 unspecified atom stereocenters. The molecule has 2 aromatic heterocycles. The van der Waals surface area contributed by atoms with Crippen molar-refractivity contribution in [3.8, 4) is 0 Å². The molecule has 6 nitrogen and oxygen atoms in total. The molecule has 0 spiro atoms. The Kier molecular flexibility index (Phi) is 2.51. The third kappa shape index (κ3) is 2.05. The minimum atomic E-state index is -3.49. The first-order valence-electron chi connectivity index (χ1n) is 6.70. The van der Waals surface area contributed by atoms with Crippen LogP contribution in [0.15, 0.2) is 40.2 Å². The van der Waals surface area contributed by atoms with Crippen LogP contribution in [-0.4, -0.2) is 24.4 Å². The minimum Gasteiger partial charge on any atom is -0.350 e. The van der Waals surface area contributed by atoms with Gasteiger partial charge in [-0.2, -0.15) is 0 Å². The Morgan fingerprint density at radius 1 is 1.14 bits per heavy atom. The highest BCUT2D eigenvalue weighted by Gasteiger charge is 2.28. The van der Waals surface area contributed by atoms with Crippen LogP contribution in [0.4, 0.5) is 0 Å². The Hall–Kier alpha value is -2.12. The molecule has 1 fully saturated rings. The summed E-state index contributed by atoms with van der Waals surface area (Å²) < 4.78 is 27.2. The third-order valence-electron chi connectivity index (χ3n) is 3.71. The van der Waals surface area contributed by atoms with E-state index in [0.29, 0.717) is 5.52 Å². The first-order chi connectivity index (χ1) is 10.0. The predicted molar refractivity (Wildman–Crippen MR) is 79.8 cm³/mol. The fourth-order valence-electron chi connectivity index (χ4n) is 2.47. The van der Waals surface area contributed by atoms with Gasteiger partial charge in [-0.25, -0.2) is 13.1 Å². The molecule has 3 N–H and O–H groups in total. The van der Waals surface area contributed by atoms with Gasteiger partial charge in [0.05, 0.1) is 4.90 Å². The summed E-state index contributed by atoms with van der Waals surface area (Å²) in [5, 5.41) is 1.45. The first kappa shape index (κ1) is 12.6. The van der Waals surface area contributed by atoms with Gasteiger partial charge in [-0.05, 0) is 37.1 Å². The second kappa shape index (κ2) is 4.19. The summed E-state index contributed by atoms with van der Waals surface area (Å²) in [5.41, 5.74) is 0.980. The van der Waals surface area contributed by atoms with Crippen LogP contribution in [0.2, 0.25) is 0 Å². The number of rotatable bonds is 3. The van der Waals surface area contributed by atoms with Crippen molar-refractivity contribution < 1.29 is 8.42 Å². The lowest BCUT2D eigenvalue weighted by molar-refractivity contribution is 0.581. The van der Waals surface area contributed by atoms with Crippen molar-refractivity contribution in [1.29, 1.82) is 0 Å². The quantitative estimate of drug-likeness (QED) is 0.683. The zero-order chi connectivity index (χ0) is 14.6. The van der Waals surface area contributed by atoms with Gasteiger partial charge in [-0.3, -0.25) is 4.79 Å². The summed E-state index contributed by atoms with van der Waals surface area (Å²) in [6, 6.07) is 6.68. The van der Waals surface area contributed by atoms with E-state index in [2.05, 4.69) is 14.7 Å². The Bertz CT molecular complexity index is 1010. The van der Waals surface area contributed by atoms with Crippen molar-refractivity contribution in [3.05, 3.63) is 40.8 Å². The molecule has 21 heavy (non-hydrogen) atoms. The van der Waals surface area contributed by atoms with E-state index in [1.54, 1.807) is 30.5 Å². The van der Waals surface area contributed by atoms with Crippen molar-refractivity contribution in [2.24, 2.45) is 0 Å². The summed E-state index contributed by atoms with van der Waals surface area (Å²) in [5.74, 6) is 0. The van der Waals surface area contributed by atoms with Gasteiger partial charge < -0.3 is 9.97 Å². The summed E-state index contributed by atoms with van der Waals surface area (Å²) in [6.45, 7) is 0. The average Bonchev–Trinajstić information content (AvgIpc) is 3.16. The molecule has 1 aromatic carbocycles. The fourth-order valence-corrected chi connectivity index (χ4v) is 3.80. The van der Waals surface area contributed by atoms with Crippen LogP contribution in [0.25, 0.3) is 21.8 Å². The van der Waals surface area contributed by atoms with Crippen LogP contribution >= 0.6 is 0 Å². The highest BCUT2D eigenvalue weighted by Crippen LogP contribution is 2.27. The number of H-pyrrole nitrogens is 2. The summed E-state index contributed by atoms with van der Waals surface area (Å²) >= 11 is 0. The van der Waals surface area contributed by atoms with Crippen LogP contribution in [0.3, 0.4) is 0 Å². The molecule has 0 atom stereocenters. The average molecular weight is 303 g/mol. The molecule has 4 rings (SSSR count). The number of aromatic amines is 2. The Balaban J connectivity index is 1.95. The van der Waals surface area contributed by atoms with Gasteiger partial charge in [0.25, 0.3) is 5.56 Å². The molecular formula is C14H13N3O3S. The van der Waals surface area contributed by atoms with Crippen LogP contribution in [0, 0.1) is 0 Å². The molecule has 1 aliphatic carbocycles. The number of hydrogen-bond acceptors (Lipinski definition) is 3. The molecule has 7 heteroatoms. The monoisotopic (exact) mass is 303 g/mol. The van der Waals surface area contributed by atoms with E-state index in [0.717, 1.165) is 29.1 Å². The number of aromatic nitrogens is 2. The van der Waals surface area contributed by atoms with Crippen LogP contribution in [0.1, 0.15) is 12.8 Å². The van der Waals surface area contributed by atoms with Crippen molar-refractivity contribution >= 4 is 31.8 Å². The van der Waals surface area contributed by atoms with Gasteiger partial charge in [0.1, 0.15) is 5.52 Å². The molecule has 3 aromatic rings. The number of benzene rings is 1. The first-order valence-corrected chi connectivity index (χ1v) is 8.18. The van der Waals surface area contributed by atoms with E-state index in [4.69, 9.17) is 0 Å². The van der Waals surface area contributed by atoms with Gasteiger partial charge in [-0.15, -0.1) is 0 Å². The Morgan fingerprint density at radius 2 is 1.95 bits per heavy atom. The molecule has 1 saturated carbocycles. The van der Waals surface area contributed by atoms with E-state index in [9.17, 15) is 13.2 Å². The second-order valence-electron chi connectivity index (χ2n) is 5.32. The predicted octanol–water partition coefficient (Wildman–Crippen LogP) is 1.45. The lowest BCUT2D eigenvalue weighted by Crippen LogP contribution is -2.25. The van der Waals surface area contributed by atoms with E-state index < -0.39 is 10.0 Å². The lowest BCUT2D eigenvalue weighted by Gasteiger charge is -2.05. The molecule has 0 bridgehead atoms. The van der Waals surface area contributed by atoms with E-state index in [-0.39, 0.29) is 16.5 Å². The summed E-state index contributed by atoms with van der Waals surface area (Å²) in [4.78, 5) is 17.6. The maximum absolute atomic E-state index is 12.3. The molecule has 0 radical (unpaired) electrons. The normalized spacial score (nSPS) is 15.8. The van der Waals surface area contributed by atoms with Crippen LogP contribution < -0.4 is 10.3 Å². The van der Waals surface area contributed by atoms with Gasteiger partial charge >= 0.3 is 0 Å². The molecule has 108 valence electrons. The maximum Gasteiger partial charge on any atom is 0.272 e. The largest absolute Gasteiger partial charge is 0.350 e. The van der Waals surface area contributed by atoms with Gasteiger partial charge in [0, 0.05) is 28.5 Å². The van der Waals surface area contributed by atoms with Crippen molar-refractivity contribution in [2.45, 2.75) is 23.8 Å². The zero-order valence-electron chi connectivity index (χ0n) is 11.0. The molecule has 0 aliphatic heterocycles. The fraction of sp³-hybridized carbons (Fsp3) is 0.214. The van der Waals surface area contributed by atoms with Crippen molar-refractivity contribution in [1.82, 2.24) is 14.7 Å². The number of fused-ring (bicyclic) bond motifs is 3. The SMILES string of the molecule is O=c1[nH]ccc2c1[nH]c1ccc(S(=O)(=O)NC3CC3)cc12. The summed E-state index contributed by atoms with van der Waals surface area (Å²) in [7, 11) is -3.49. The summed E-state index contributed by atoms with van der Waals surface area (Å²) in [6.07, 6.45) is 3.34. The van der Waals surface area contributed by atoms with E-state index >= 15 is 0 Å². The number of nitrogens with one attached hydrogen (secondary N) is 3. The highest BCUT2D eigenvalue weighted by molar-refractivity contribution is 7.89. The van der Waals surface area contributed by atoms with E-state index in [1.807, 2.05) is 0 Å². The Morgan fingerprint density at radius 3 is 2.71 bits per heavy atom. The number of hydrogen-bond donors (Lipinski definition) is 3. The highest BCUT2D eigenvalue weighted by atomic mass is 32.2. The van der Waals surface area contributed by atoms with E-state index in [1.165, 1.54) is 0 Å². The smallest absolute Gasteiger partial charge is 0.272 e. The molecular weight excluding hydrogens is 290 g/mol. The Labute approximate surface area is 120 Å². The lowest BCUT2D eigenvalue weighted by atomic mass is 10.2. The van der Waals surface area contributed by atoms with Crippen LogP contribution in [0.5, 0.6) is 0 Å². The molecule has 2 heterocycles. The van der Waals surface area contributed by atoms with Gasteiger partial charge in [-0.1, -0.05) is 0 Å². The van der Waals surface area contributed by atoms with Crippen molar-refractivity contribution in [3.63, 3.8) is 0 Å². The second-order valence-corrected chi connectivity index (χ2v) is 7.04. The molecule has 0 amide bonds. The van der Waals surface area contributed by atoms with Crippen LogP contribution in [-0.2, 0) is 10.0 Å². The number of sulfonamides is 1. The topological polar surface area (TPSA) is 94.8 Å². The third-order valence-corrected chi connectivity index (χ3v) is 5.23.